The van der Waals surface area contributed by atoms with Crippen molar-refractivity contribution in [2.24, 2.45) is 0 Å². The summed E-state index contributed by atoms with van der Waals surface area (Å²) in [4.78, 5) is 0. The molecule has 0 atom stereocenters. The van der Waals surface area contributed by atoms with Gasteiger partial charge in [-0.2, -0.15) is 0 Å². The molecule has 1 rings (SSSR count). The van der Waals surface area contributed by atoms with Crippen molar-refractivity contribution in [3.63, 3.8) is 0 Å². The second kappa shape index (κ2) is 5.63. The molecule has 0 N–H and O–H groups in total. The Bertz CT molecular complexity index is 146. The van der Waals surface area contributed by atoms with Crippen LogP contribution in [0.5, 0.6) is 0 Å². The quantitative estimate of drug-likeness (QED) is 0.524. The van der Waals surface area contributed by atoms with E-state index in [0.717, 1.165) is 6.42 Å². The Labute approximate surface area is 99.1 Å². The van der Waals surface area contributed by atoms with Gasteiger partial charge in [0, 0.05) is 0 Å². The first-order valence-electron chi connectivity index (χ1n) is 2.88. The third-order valence-corrected chi connectivity index (χ3v) is 1.20. The molecular formula is C8H10K. The van der Waals surface area contributed by atoms with Crippen molar-refractivity contribution in [1.82, 2.24) is 0 Å². The van der Waals surface area contributed by atoms with Crippen molar-refractivity contribution in [2.45, 2.75) is 13.3 Å². The van der Waals surface area contributed by atoms with E-state index in [-0.39, 0.29) is 51.4 Å². The first-order valence-corrected chi connectivity index (χ1v) is 2.88. The van der Waals surface area contributed by atoms with Crippen molar-refractivity contribution in [3.8, 4) is 0 Å². The third-order valence-electron chi connectivity index (χ3n) is 1.20. The van der Waals surface area contributed by atoms with Crippen molar-refractivity contribution in [3.05, 3.63) is 35.9 Å². The summed E-state index contributed by atoms with van der Waals surface area (Å²) in [5.41, 5.74) is 1.38. The number of hydrogen-bond donors (Lipinski definition) is 0. The van der Waals surface area contributed by atoms with E-state index in [2.05, 4.69) is 25.1 Å². The zero-order valence-electron chi connectivity index (χ0n) is 5.02. The summed E-state index contributed by atoms with van der Waals surface area (Å²) in [7, 11) is 0. The summed E-state index contributed by atoms with van der Waals surface area (Å²) >= 11 is 0. The normalized spacial score (nSPS) is 8.11. The topological polar surface area (TPSA) is 0 Å². The summed E-state index contributed by atoms with van der Waals surface area (Å²) in [5, 5.41) is 0. The Morgan fingerprint density at radius 1 is 1.33 bits per heavy atom. The van der Waals surface area contributed by atoms with Gasteiger partial charge in [0.15, 0.2) is 0 Å². The zero-order chi connectivity index (χ0) is 5.82. The maximum absolute atomic E-state index is 2.97. The van der Waals surface area contributed by atoms with Crippen LogP contribution >= 0.6 is 0 Å². The van der Waals surface area contributed by atoms with Gasteiger partial charge in [-0.1, -0.05) is 31.2 Å². The van der Waals surface area contributed by atoms with E-state index < -0.39 is 0 Å². The molecule has 1 radical (unpaired) electrons. The van der Waals surface area contributed by atoms with Gasteiger partial charge in [0.05, 0.1) is 0 Å². The zero-order valence-corrected chi connectivity index (χ0v) is 5.02. The van der Waals surface area contributed by atoms with Crippen LogP contribution < -0.4 is 0 Å². The minimum absolute atomic E-state index is 0. The van der Waals surface area contributed by atoms with Crippen molar-refractivity contribution in [2.75, 3.05) is 0 Å². The summed E-state index contributed by atoms with van der Waals surface area (Å²) in [5.74, 6) is 0. The monoisotopic (exact) mass is 145 g/mol. The van der Waals surface area contributed by atoms with Crippen LogP contribution in [0.2, 0.25) is 0 Å². The predicted octanol–water partition coefficient (Wildman–Crippen LogP) is 1.40. The number of aryl methyl sites for hydroxylation is 1. The Balaban J connectivity index is 0.000000640. The molecule has 1 aromatic rings. The van der Waals surface area contributed by atoms with Gasteiger partial charge in [-0.05, 0) is 18.1 Å². The van der Waals surface area contributed by atoms with E-state index in [1.165, 1.54) is 5.56 Å². The van der Waals surface area contributed by atoms with Crippen LogP contribution in [-0.2, 0) is 6.42 Å². The standard InChI is InChI=1S/C8H9.K.H/c1-2-8-6-4-3-5-7-8;;/h4-7H,2H2,1H3;;. The summed E-state index contributed by atoms with van der Waals surface area (Å²) in [6.45, 7) is 2.15. The van der Waals surface area contributed by atoms with Gasteiger partial charge in [0.25, 0.3) is 0 Å². The number of hydrogen-bond acceptors (Lipinski definition) is 0. The molecule has 0 aromatic heterocycles. The minimum atomic E-state index is 0. The number of rotatable bonds is 1. The van der Waals surface area contributed by atoms with E-state index in [4.69, 9.17) is 0 Å². The molecule has 0 bridgehead atoms. The molecule has 0 heterocycles. The van der Waals surface area contributed by atoms with Gasteiger partial charge >= 0.3 is 51.4 Å². The second-order valence-electron chi connectivity index (χ2n) is 1.76. The molecule has 0 aliphatic rings. The summed E-state index contributed by atoms with van der Waals surface area (Å²) < 4.78 is 0. The molecular weight excluding hydrogens is 135 g/mol. The Morgan fingerprint density at radius 3 is 2.22 bits per heavy atom. The molecule has 0 aliphatic heterocycles. The van der Waals surface area contributed by atoms with E-state index >= 15 is 0 Å². The van der Waals surface area contributed by atoms with Crippen molar-refractivity contribution in [1.29, 1.82) is 0 Å². The summed E-state index contributed by atoms with van der Waals surface area (Å²) in [6, 6.07) is 11.0. The van der Waals surface area contributed by atoms with Gasteiger partial charge in [-0.25, -0.2) is 0 Å². The predicted molar refractivity (Wildman–Crippen MR) is 41.8 cm³/mol. The molecule has 0 nitrogen and oxygen atoms in total. The fraction of sp³-hybridized carbons (Fsp3) is 0.250. The molecule has 1 aromatic carbocycles. The van der Waals surface area contributed by atoms with Crippen LogP contribution in [0.3, 0.4) is 0 Å². The van der Waals surface area contributed by atoms with E-state index in [1.54, 1.807) is 0 Å². The number of benzene rings is 1. The Morgan fingerprint density at radius 2 is 1.89 bits per heavy atom. The third kappa shape index (κ3) is 3.53. The molecule has 0 aliphatic carbocycles. The van der Waals surface area contributed by atoms with Gasteiger partial charge in [-0.15, -0.1) is 0 Å². The second-order valence-corrected chi connectivity index (χ2v) is 1.76. The van der Waals surface area contributed by atoms with Crippen LogP contribution in [0.25, 0.3) is 0 Å². The van der Waals surface area contributed by atoms with Gasteiger partial charge < -0.3 is 0 Å². The van der Waals surface area contributed by atoms with Crippen LogP contribution in [0.15, 0.2) is 24.3 Å². The van der Waals surface area contributed by atoms with E-state index in [0.29, 0.717) is 0 Å². The van der Waals surface area contributed by atoms with Crippen LogP contribution in [-0.4, -0.2) is 51.4 Å². The SMILES string of the molecule is CCc1cc[c]cc1.[KH]. The Kier molecular flexibility index (Phi) is 6.16. The van der Waals surface area contributed by atoms with Crippen molar-refractivity contribution >= 4 is 51.4 Å². The van der Waals surface area contributed by atoms with Crippen LogP contribution in [0.4, 0.5) is 0 Å². The molecule has 1 heteroatoms. The first-order chi connectivity index (χ1) is 3.93. The van der Waals surface area contributed by atoms with Gasteiger partial charge in [-0.3, -0.25) is 0 Å². The van der Waals surface area contributed by atoms with E-state index in [9.17, 15) is 0 Å². The van der Waals surface area contributed by atoms with Gasteiger partial charge in [0.2, 0.25) is 0 Å². The molecule has 0 saturated carbocycles. The fourth-order valence-corrected chi connectivity index (χ4v) is 0.657. The molecule has 43 valence electrons. The molecule has 0 amide bonds. The molecule has 0 fully saturated rings. The Hall–Kier alpha value is 0.856. The van der Waals surface area contributed by atoms with Gasteiger partial charge in [0.1, 0.15) is 0 Å². The van der Waals surface area contributed by atoms with E-state index in [1.807, 2.05) is 12.1 Å². The first kappa shape index (κ1) is 9.86. The average molecular weight is 145 g/mol. The molecule has 0 spiro atoms. The van der Waals surface area contributed by atoms with Crippen LogP contribution in [0.1, 0.15) is 12.5 Å². The molecule has 0 saturated heterocycles. The fourth-order valence-electron chi connectivity index (χ4n) is 0.657. The summed E-state index contributed by atoms with van der Waals surface area (Å²) in [6.07, 6.45) is 1.12. The average Bonchev–Trinajstić information content (AvgIpc) is 1.90. The van der Waals surface area contributed by atoms with Crippen LogP contribution in [0, 0.1) is 6.07 Å². The maximum atomic E-state index is 2.97. The molecule has 0 unspecified atom stereocenters. The molecule has 9 heavy (non-hydrogen) atoms. The van der Waals surface area contributed by atoms with Crippen molar-refractivity contribution < 1.29 is 0 Å².